The zero-order valence-electron chi connectivity index (χ0n) is 13.3. The molecule has 2 aliphatic heterocycles. The van der Waals surface area contributed by atoms with Gasteiger partial charge in [0, 0.05) is 45.0 Å². The van der Waals surface area contributed by atoms with Gasteiger partial charge in [0.05, 0.1) is 18.4 Å². The fourth-order valence-corrected chi connectivity index (χ4v) is 3.14. The molecule has 3 heterocycles. The zero-order valence-corrected chi connectivity index (χ0v) is 13.3. The van der Waals surface area contributed by atoms with Crippen molar-refractivity contribution in [3.63, 3.8) is 0 Å². The van der Waals surface area contributed by atoms with Gasteiger partial charge in [-0.15, -0.1) is 0 Å². The molecule has 2 fully saturated rings. The summed E-state index contributed by atoms with van der Waals surface area (Å²) in [6.07, 6.45) is 1.52. The van der Waals surface area contributed by atoms with Crippen LogP contribution in [0.4, 0.5) is 0 Å². The lowest BCUT2D eigenvalue weighted by molar-refractivity contribution is -0.0340. The molecule has 21 heavy (non-hydrogen) atoms. The average molecular weight is 290 g/mol. The molecule has 1 aromatic heterocycles. The smallest absolute Gasteiger partial charge is 0.0825 e. The Kier molecular flexibility index (Phi) is 4.57. The Hall–Kier alpha value is -0.970. The van der Waals surface area contributed by atoms with E-state index in [1.54, 1.807) is 7.11 Å². The molecule has 0 bridgehead atoms. The van der Waals surface area contributed by atoms with Crippen molar-refractivity contribution >= 4 is 0 Å². The molecular weight excluding hydrogens is 264 g/mol. The molecule has 0 saturated carbocycles. The van der Waals surface area contributed by atoms with Gasteiger partial charge in [-0.2, -0.15) is 0 Å². The number of likely N-dealkylation sites (tertiary alicyclic amines) is 1. The summed E-state index contributed by atoms with van der Waals surface area (Å²) < 4.78 is 10.9. The normalized spacial score (nSPS) is 23.7. The van der Waals surface area contributed by atoms with Crippen LogP contribution < -0.4 is 0 Å². The molecule has 4 nitrogen and oxygen atoms in total. The predicted octanol–water partition coefficient (Wildman–Crippen LogP) is 2.54. The fourth-order valence-electron chi connectivity index (χ4n) is 3.14. The van der Waals surface area contributed by atoms with Crippen LogP contribution in [0.3, 0.4) is 0 Å². The Bertz CT molecular complexity index is 478. The third kappa shape index (κ3) is 3.28. The molecule has 1 aromatic rings. The van der Waals surface area contributed by atoms with Gasteiger partial charge in [-0.1, -0.05) is 19.9 Å². The fraction of sp³-hybridized carbons (Fsp3) is 0.706. The average Bonchev–Trinajstić information content (AvgIpc) is 2.95. The van der Waals surface area contributed by atoms with Crippen molar-refractivity contribution in [3.05, 3.63) is 29.1 Å². The van der Waals surface area contributed by atoms with Gasteiger partial charge < -0.3 is 9.47 Å². The Morgan fingerprint density at radius 2 is 2.19 bits per heavy atom. The number of hydrogen-bond acceptors (Lipinski definition) is 4. The molecular formula is C17H26N2O2. The summed E-state index contributed by atoms with van der Waals surface area (Å²) in [5, 5.41) is 0. The summed E-state index contributed by atoms with van der Waals surface area (Å²) in [6, 6.07) is 4.47. The van der Waals surface area contributed by atoms with Crippen LogP contribution in [-0.2, 0) is 16.0 Å². The van der Waals surface area contributed by atoms with E-state index < -0.39 is 0 Å². The molecule has 0 N–H and O–H groups in total. The lowest BCUT2D eigenvalue weighted by Crippen LogP contribution is -2.51. The van der Waals surface area contributed by atoms with Crippen LogP contribution in [0.5, 0.6) is 0 Å². The number of methoxy groups -OCH3 is 1. The van der Waals surface area contributed by atoms with Crippen molar-refractivity contribution < 1.29 is 9.47 Å². The highest BCUT2D eigenvalue weighted by molar-refractivity contribution is 5.29. The highest BCUT2D eigenvalue weighted by Crippen LogP contribution is 2.30. The first-order valence-corrected chi connectivity index (χ1v) is 8.00. The lowest BCUT2D eigenvalue weighted by Gasteiger charge is -2.38. The molecule has 3 rings (SSSR count). The van der Waals surface area contributed by atoms with E-state index in [1.807, 2.05) is 0 Å². The molecule has 116 valence electrons. The summed E-state index contributed by atoms with van der Waals surface area (Å²) in [5.41, 5.74) is 3.82. The second kappa shape index (κ2) is 6.42. The molecule has 0 spiro atoms. The van der Waals surface area contributed by atoms with E-state index in [1.165, 1.54) is 17.0 Å². The third-order valence-corrected chi connectivity index (χ3v) is 4.62. The number of hydrogen-bond donors (Lipinski definition) is 0. The van der Waals surface area contributed by atoms with Crippen molar-refractivity contribution in [2.45, 2.75) is 44.8 Å². The van der Waals surface area contributed by atoms with Crippen LogP contribution in [0.1, 0.15) is 49.1 Å². The van der Waals surface area contributed by atoms with Gasteiger partial charge in [-0.05, 0) is 24.0 Å². The van der Waals surface area contributed by atoms with Crippen molar-refractivity contribution in [2.24, 2.45) is 0 Å². The minimum Gasteiger partial charge on any atom is -0.381 e. The summed E-state index contributed by atoms with van der Waals surface area (Å²) in [4.78, 5) is 7.37. The SMILES string of the molecule is COC1CN(Cc2nc(C(C)C)ccc2[C@H]2CCOC2)C1. The molecule has 0 amide bonds. The zero-order chi connectivity index (χ0) is 14.8. The summed E-state index contributed by atoms with van der Waals surface area (Å²) in [5.74, 6) is 0.994. The third-order valence-electron chi connectivity index (χ3n) is 4.62. The second-order valence-corrected chi connectivity index (χ2v) is 6.54. The van der Waals surface area contributed by atoms with E-state index in [4.69, 9.17) is 14.5 Å². The number of aromatic nitrogens is 1. The number of rotatable bonds is 5. The quantitative estimate of drug-likeness (QED) is 0.834. The van der Waals surface area contributed by atoms with E-state index >= 15 is 0 Å². The van der Waals surface area contributed by atoms with Crippen LogP contribution in [0.25, 0.3) is 0 Å². The van der Waals surface area contributed by atoms with E-state index in [2.05, 4.69) is 30.9 Å². The van der Waals surface area contributed by atoms with Crippen LogP contribution in [0.15, 0.2) is 12.1 Å². The van der Waals surface area contributed by atoms with Gasteiger partial charge >= 0.3 is 0 Å². The van der Waals surface area contributed by atoms with Crippen LogP contribution in [-0.4, -0.2) is 49.4 Å². The van der Waals surface area contributed by atoms with Crippen molar-refractivity contribution in [2.75, 3.05) is 33.4 Å². The Balaban J connectivity index is 1.78. The van der Waals surface area contributed by atoms with Gasteiger partial charge in [-0.25, -0.2) is 0 Å². The predicted molar refractivity (Wildman–Crippen MR) is 82.6 cm³/mol. The van der Waals surface area contributed by atoms with Crippen molar-refractivity contribution in [1.82, 2.24) is 9.88 Å². The van der Waals surface area contributed by atoms with Gasteiger partial charge in [0.15, 0.2) is 0 Å². The Labute approximate surface area is 127 Å². The van der Waals surface area contributed by atoms with Gasteiger partial charge in [0.25, 0.3) is 0 Å². The maximum Gasteiger partial charge on any atom is 0.0825 e. The van der Waals surface area contributed by atoms with Crippen molar-refractivity contribution in [1.29, 1.82) is 0 Å². The summed E-state index contributed by atoms with van der Waals surface area (Å²) in [6.45, 7) is 9.10. The molecule has 2 saturated heterocycles. The maximum atomic E-state index is 5.56. The molecule has 1 atom stereocenters. The standard InChI is InChI=1S/C17H26N2O2/c1-12(2)16-5-4-15(13-6-7-21-11-13)17(18-16)10-19-8-14(9-19)20-3/h4-5,12-14H,6-11H2,1-3H3/t13-/m0/s1. The molecule has 0 radical (unpaired) electrons. The maximum absolute atomic E-state index is 5.56. The highest BCUT2D eigenvalue weighted by atomic mass is 16.5. The van der Waals surface area contributed by atoms with Crippen molar-refractivity contribution in [3.8, 4) is 0 Å². The van der Waals surface area contributed by atoms with Gasteiger partial charge in [-0.3, -0.25) is 9.88 Å². The minimum absolute atomic E-state index is 0.400. The number of ether oxygens (including phenoxy) is 2. The van der Waals surface area contributed by atoms with Crippen LogP contribution in [0.2, 0.25) is 0 Å². The minimum atomic E-state index is 0.400. The van der Waals surface area contributed by atoms with Gasteiger partial charge in [0.2, 0.25) is 0 Å². The first kappa shape index (κ1) is 14.9. The molecule has 0 aromatic carbocycles. The van der Waals surface area contributed by atoms with Gasteiger partial charge in [0.1, 0.15) is 0 Å². The monoisotopic (exact) mass is 290 g/mol. The van der Waals surface area contributed by atoms with E-state index in [-0.39, 0.29) is 0 Å². The molecule has 0 unspecified atom stereocenters. The summed E-state index contributed by atoms with van der Waals surface area (Å²) in [7, 11) is 1.79. The van der Waals surface area contributed by atoms with E-state index in [0.29, 0.717) is 17.9 Å². The second-order valence-electron chi connectivity index (χ2n) is 6.54. The largest absolute Gasteiger partial charge is 0.381 e. The molecule has 2 aliphatic rings. The Morgan fingerprint density at radius 3 is 2.81 bits per heavy atom. The first-order valence-electron chi connectivity index (χ1n) is 8.00. The highest BCUT2D eigenvalue weighted by Gasteiger charge is 2.29. The van der Waals surface area contributed by atoms with Crippen LogP contribution in [0, 0.1) is 0 Å². The number of nitrogens with zero attached hydrogens (tertiary/aromatic N) is 2. The van der Waals surface area contributed by atoms with E-state index in [9.17, 15) is 0 Å². The number of pyridine rings is 1. The first-order chi connectivity index (χ1) is 10.2. The topological polar surface area (TPSA) is 34.6 Å². The molecule has 4 heteroatoms. The van der Waals surface area contributed by atoms with E-state index in [0.717, 1.165) is 39.3 Å². The molecule has 0 aliphatic carbocycles. The Morgan fingerprint density at radius 1 is 1.38 bits per heavy atom. The van der Waals surface area contributed by atoms with Crippen LogP contribution >= 0.6 is 0 Å². The summed E-state index contributed by atoms with van der Waals surface area (Å²) >= 11 is 0. The lowest BCUT2D eigenvalue weighted by atomic mass is 9.94.